The molecule has 0 spiro atoms. The van der Waals surface area contributed by atoms with Crippen LogP contribution in [0.2, 0.25) is 0 Å². The van der Waals surface area contributed by atoms with E-state index in [9.17, 15) is 14.9 Å². The monoisotopic (exact) mass is 421 g/mol. The summed E-state index contributed by atoms with van der Waals surface area (Å²) in [6.07, 6.45) is 7.15. The molecule has 2 aromatic heterocycles. The number of carbonyl (C=O) groups excluding carboxylic acids is 1. The van der Waals surface area contributed by atoms with Crippen LogP contribution in [0, 0.1) is 10.1 Å². The smallest absolute Gasteiger partial charge is 0.293 e. The first-order chi connectivity index (χ1) is 15.0. The number of rotatable bonds is 5. The molecule has 3 aromatic rings. The number of aromatic nitrogens is 5. The number of aryl methyl sites for hydroxylation is 2. The van der Waals surface area contributed by atoms with E-state index in [1.807, 2.05) is 4.90 Å². The Balaban J connectivity index is 1.44. The second-order valence-corrected chi connectivity index (χ2v) is 8.17. The fourth-order valence-corrected chi connectivity index (χ4v) is 4.67. The highest BCUT2D eigenvalue weighted by molar-refractivity contribution is 6.07. The molecule has 10 nitrogen and oxygen atoms in total. The van der Waals surface area contributed by atoms with Gasteiger partial charge >= 0.3 is 0 Å². The summed E-state index contributed by atoms with van der Waals surface area (Å²) in [6.45, 7) is 2.31. The third kappa shape index (κ3) is 3.37. The van der Waals surface area contributed by atoms with Crippen LogP contribution in [0.4, 0.5) is 11.4 Å². The van der Waals surface area contributed by atoms with E-state index in [0.29, 0.717) is 12.2 Å². The number of nitrogens with zero attached hydrogens (tertiary/aromatic N) is 7. The Kier molecular flexibility index (Phi) is 4.76. The second kappa shape index (κ2) is 7.60. The zero-order valence-electron chi connectivity index (χ0n) is 17.3. The van der Waals surface area contributed by atoms with Gasteiger partial charge in [-0.25, -0.2) is 4.98 Å². The molecule has 1 fully saturated rings. The van der Waals surface area contributed by atoms with Crippen LogP contribution in [-0.4, -0.2) is 48.1 Å². The molecule has 0 radical (unpaired) electrons. The molecule has 0 bridgehead atoms. The Morgan fingerprint density at radius 2 is 2.10 bits per heavy atom. The van der Waals surface area contributed by atoms with Gasteiger partial charge in [-0.3, -0.25) is 14.9 Å². The molecular formula is C21H23N7O3. The van der Waals surface area contributed by atoms with Crippen molar-refractivity contribution in [1.29, 1.82) is 0 Å². The van der Waals surface area contributed by atoms with E-state index in [1.165, 1.54) is 12.3 Å². The number of piperidine rings is 1. The zero-order chi connectivity index (χ0) is 21.5. The molecule has 1 unspecified atom stereocenters. The van der Waals surface area contributed by atoms with Gasteiger partial charge in [-0.05, 0) is 31.4 Å². The van der Waals surface area contributed by atoms with Gasteiger partial charge in [0.2, 0.25) is 5.78 Å². The van der Waals surface area contributed by atoms with Crippen LogP contribution in [0.25, 0.3) is 0 Å². The topological polar surface area (TPSA) is 112 Å². The summed E-state index contributed by atoms with van der Waals surface area (Å²) in [5.74, 6) is 2.12. The average Bonchev–Trinajstić information content (AvgIpc) is 3.50. The van der Waals surface area contributed by atoms with Gasteiger partial charge in [0.05, 0.1) is 4.92 Å². The van der Waals surface area contributed by atoms with Gasteiger partial charge in [0.1, 0.15) is 17.3 Å². The molecule has 2 aliphatic rings. The van der Waals surface area contributed by atoms with E-state index >= 15 is 0 Å². The van der Waals surface area contributed by atoms with E-state index in [0.717, 1.165) is 50.4 Å². The van der Waals surface area contributed by atoms with Crippen LogP contribution in [0.3, 0.4) is 0 Å². The van der Waals surface area contributed by atoms with Crippen LogP contribution in [-0.2, 0) is 20.0 Å². The molecule has 1 aromatic carbocycles. The van der Waals surface area contributed by atoms with E-state index in [4.69, 9.17) is 0 Å². The summed E-state index contributed by atoms with van der Waals surface area (Å²) in [7, 11) is 1.72. The lowest BCUT2D eigenvalue weighted by Gasteiger charge is -2.33. The van der Waals surface area contributed by atoms with Crippen LogP contribution in [0.1, 0.15) is 53.0 Å². The van der Waals surface area contributed by atoms with E-state index < -0.39 is 4.92 Å². The predicted molar refractivity (Wildman–Crippen MR) is 112 cm³/mol. The lowest BCUT2D eigenvalue weighted by atomic mass is 9.96. The van der Waals surface area contributed by atoms with E-state index in [1.54, 1.807) is 29.9 Å². The summed E-state index contributed by atoms with van der Waals surface area (Å²) < 4.78 is 3.81. The highest BCUT2D eigenvalue weighted by atomic mass is 16.6. The van der Waals surface area contributed by atoms with Crippen LogP contribution in [0.5, 0.6) is 0 Å². The maximum absolute atomic E-state index is 12.8. The largest absolute Gasteiger partial charge is 0.365 e. The molecule has 31 heavy (non-hydrogen) atoms. The molecule has 1 saturated heterocycles. The average molecular weight is 421 g/mol. The first-order valence-electron chi connectivity index (χ1n) is 10.5. The predicted octanol–water partition coefficient (Wildman–Crippen LogP) is 2.48. The highest BCUT2D eigenvalue weighted by Crippen LogP contribution is 2.36. The molecule has 160 valence electrons. The number of hydrogen-bond acceptors (Lipinski definition) is 7. The van der Waals surface area contributed by atoms with Crippen LogP contribution < -0.4 is 4.90 Å². The second-order valence-electron chi connectivity index (χ2n) is 8.17. The number of nitro groups is 1. The van der Waals surface area contributed by atoms with Crippen molar-refractivity contribution >= 4 is 17.2 Å². The van der Waals surface area contributed by atoms with Crippen molar-refractivity contribution in [1.82, 2.24) is 24.3 Å². The minimum absolute atomic E-state index is 0.0628. The van der Waals surface area contributed by atoms with Crippen molar-refractivity contribution < 1.29 is 9.72 Å². The molecule has 0 saturated carbocycles. The number of benzene rings is 1. The maximum Gasteiger partial charge on any atom is 0.293 e. The molecule has 5 rings (SSSR count). The number of anilines is 1. The molecule has 2 aliphatic heterocycles. The van der Waals surface area contributed by atoms with Crippen molar-refractivity contribution in [3.8, 4) is 0 Å². The number of fused-ring (bicyclic) bond motifs is 1. The first-order valence-corrected chi connectivity index (χ1v) is 10.5. The Hall–Kier alpha value is -3.56. The van der Waals surface area contributed by atoms with E-state index in [2.05, 4.69) is 19.7 Å². The van der Waals surface area contributed by atoms with Gasteiger partial charge in [-0.1, -0.05) is 0 Å². The highest BCUT2D eigenvalue weighted by Gasteiger charge is 2.31. The van der Waals surface area contributed by atoms with Gasteiger partial charge in [-0.2, -0.15) is 0 Å². The van der Waals surface area contributed by atoms with Gasteiger partial charge < -0.3 is 14.0 Å². The third-order valence-electron chi connectivity index (χ3n) is 6.22. The SMILES string of the molecule is Cn1ccnc1C(=O)c1ccc(N2CCCC(c3nnc4n3CCC4)C2)c([N+](=O)[O-])c1. The number of ketones is 1. The number of nitro benzene ring substituents is 1. The minimum Gasteiger partial charge on any atom is -0.365 e. The molecule has 1 atom stereocenters. The molecule has 0 N–H and O–H groups in total. The fraction of sp³-hybridized carbons (Fsp3) is 0.429. The summed E-state index contributed by atoms with van der Waals surface area (Å²) >= 11 is 0. The van der Waals surface area contributed by atoms with Crippen LogP contribution >= 0.6 is 0 Å². The maximum atomic E-state index is 12.8. The van der Waals surface area contributed by atoms with Crippen molar-refractivity contribution in [2.75, 3.05) is 18.0 Å². The standard InChI is InChI=1S/C21H23N7O3/c1-25-11-8-22-21(25)19(29)14-6-7-16(17(12-14)28(30)31)26-9-2-4-15(13-26)20-24-23-18-5-3-10-27(18)20/h6-8,11-12,15H,2-5,9-10,13H2,1H3. The molecule has 10 heteroatoms. The Morgan fingerprint density at radius 1 is 1.23 bits per heavy atom. The number of imidazole rings is 1. The number of hydrogen-bond donors (Lipinski definition) is 0. The summed E-state index contributed by atoms with van der Waals surface area (Å²) in [6, 6.07) is 4.70. The molecule has 4 heterocycles. The van der Waals surface area contributed by atoms with Crippen molar-refractivity contribution in [2.24, 2.45) is 7.05 Å². The Bertz CT molecular complexity index is 1170. The molecule has 0 aliphatic carbocycles. The van der Waals surface area contributed by atoms with Crippen molar-refractivity contribution in [3.63, 3.8) is 0 Å². The third-order valence-corrected chi connectivity index (χ3v) is 6.22. The number of carbonyl (C=O) groups is 1. The molecule has 0 amide bonds. The molecular weight excluding hydrogens is 398 g/mol. The summed E-state index contributed by atoms with van der Waals surface area (Å²) in [4.78, 5) is 30.3. The fourth-order valence-electron chi connectivity index (χ4n) is 4.67. The summed E-state index contributed by atoms with van der Waals surface area (Å²) in [5, 5.41) is 20.6. The lowest BCUT2D eigenvalue weighted by molar-refractivity contribution is -0.384. The summed E-state index contributed by atoms with van der Waals surface area (Å²) in [5.41, 5.74) is 0.730. The van der Waals surface area contributed by atoms with Gasteiger partial charge in [0, 0.05) is 63.0 Å². The van der Waals surface area contributed by atoms with Crippen molar-refractivity contribution in [3.05, 3.63) is 63.7 Å². The minimum atomic E-state index is -0.414. The first kappa shape index (κ1) is 19.4. The quantitative estimate of drug-likeness (QED) is 0.353. The van der Waals surface area contributed by atoms with Gasteiger partial charge in [0.15, 0.2) is 5.82 Å². The normalized spacial score (nSPS) is 18.2. The Morgan fingerprint density at radius 3 is 2.87 bits per heavy atom. The Labute approximate surface area is 178 Å². The zero-order valence-corrected chi connectivity index (χ0v) is 17.3. The van der Waals surface area contributed by atoms with E-state index in [-0.39, 0.29) is 28.8 Å². The van der Waals surface area contributed by atoms with Gasteiger partial charge in [0.25, 0.3) is 5.69 Å². The van der Waals surface area contributed by atoms with Crippen LogP contribution in [0.15, 0.2) is 30.6 Å². The lowest BCUT2D eigenvalue weighted by Crippen LogP contribution is -2.35. The van der Waals surface area contributed by atoms with Gasteiger partial charge in [-0.15, -0.1) is 10.2 Å². The van der Waals surface area contributed by atoms with Crippen molar-refractivity contribution in [2.45, 2.75) is 38.1 Å².